The van der Waals surface area contributed by atoms with Gasteiger partial charge in [0.1, 0.15) is 22.9 Å². The molecule has 1 aromatic heterocycles. The summed E-state index contributed by atoms with van der Waals surface area (Å²) in [4.78, 5) is 24.7. The molecule has 1 fully saturated rings. The van der Waals surface area contributed by atoms with Gasteiger partial charge in [-0.1, -0.05) is 17.7 Å². The average Bonchev–Trinajstić information content (AvgIpc) is 3.23. The van der Waals surface area contributed by atoms with Crippen LogP contribution in [0, 0.1) is 5.82 Å². The molecule has 4 rings (SSSR count). The summed E-state index contributed by atoms with van der Waals surface area (Å²) in [6.07, 6.45) is 1.36. The molecule has 1 N–H and O–H groups in total. The van der Waals surface area contributed by atoms with Crippen LogP contribution in [-0.4, -0.2) is 11.8 Å². The number of hydrazine groups is 1. The van der Waals surface area contributed by atoms with E-state index in [-0.39, 0.29) is 11.3 Å². The molecular weight excluding hydrogens is 371 g/mol. The van der Waals surface area contributed by atoms with Crippen LogP contribution in [0.1, 0.15) is 5.76 Å². The van der Waals surface area contributed by atoms with Gasteiger partial charge in [-0.25, -0.2) is 9.40 Å². The largest absolute Gasteiger partial charge is 0.457 e. The number of nitrogens with one attached hydrogen (secondary N) is 1. The molecule has 0 unspecified atom stereocenters. The van der Waals surface area contributed by atoms with Crippen molar-refractivity contribution in [1.82, 2.24) is 5.43 Å². The Labute approximate surface area is 158 Å². The summed E-state index contributed by atoms with van der Waals surface area (Å²) in [6.45, 7) is 0. The molecule has 2 amide bonds. The number of amides is 2. The van der Waals surface area contributed by atoms with Crippen molar-refractivity contribution < 1.29 is 18.4 Å². The molecule has 0 spiro atoms. The molecule has 1 saturated heterocycles. The summed E-state index contributed by atoms with van der Waals surface area (Å²) >= 11 is 5.87. The fourth-order valence-electron chi connectivity index (χ4n) is 2.70. The van der Waals surface area contributed by atoms with Crippen LogP contribution >= 0.6 is 11.6 Å². The summed E-state index contributed by atoms with van der Waals surface area (Å²) < 4.78 is 19.1. The fraction of sp³-hybridized carbons (Fsp3) is 0. The van der Waals surface area contributed by atoms with E-state index in [1.807, 2.05) is 0 Å². The van der Waals surface area contributed by atoms with Crippen LogP contribution in [0.2, 0.25) is 5.02 Å². The van der Waals surface area contributed by atoms with Gasteiger partial charge in [-0.3, -0.25) is 15.0 Å². The molecule has 2 heterocycles. The Morgan fingerprint density at radius 3 is 2.56 bits per heavy atom. The molecule has 7 heteroatoms. The zero-order chi connectivity index (χ0) is 19.0. The van der Waals surface area contributed by atoms with E-state index in [1.54, 1.807) is 36.4 Å². The molecule has 0 aliphatic carbocycles. The highest BCUT2D eigenvalue weighted by Crippen LogP contribution is 2.26. The first-order valence-electron chi connectivity index (χ1n) is 8.00. The van der Waals surface area contributed by atoms with Crippen molar-refractivity contribution in [1.29, 1.82) is 0 Å². The Morgan fingerprint density at radius 1 is 1.04 bits per heavy atom. The lowest BCUT2D eigenvalue weighted by Crippen LogP contribution is -2.35. The number of furan rings is 1. The quantitative estimate of drug-likeness (QED) is 0.545. The maximum Gasteiger partial charge on any atom is 0.282 e. The number of carbonyl (C=O) groups excluding carboxylic acids is 2. The first kappa shape index (κ1) is 17.1. The lowest BCUT2D eigenvalue weighted by atomic mass is 10.2. The van der Waals surface area contributed by atoms with Crippen molar-refractivity contribution in [3.8, 4) is 11.3 Å². The van der Waals surface area contributed by atoms with Gasteiger partial charge in [-0.15, -0.1) is 0 Å². The van der Waals surface area contributed by atoms with Crippen LogP contribution in [0.25, 0.3) is 17.4 Å². The summed E-state index contributed by atoms with van der Waals surface area (Å²) in [5.74, 6) is -0.764. The molecule has 0 bridgehead atoms. The summed E-state index contributed by atoms with van der Waals surface area (Å²) in [5.41, 5.74) is 3.36. The van der Waals surface area contributed by atoms with E-state index in [9.17, 15) is 14.0 Å². The predicted octanol–water partition coefficient (Wildman–Crippen LogP) is 4.20. The molecular formula is C20H12ClFN2O3. The van der Waals surface area contributed by atoms with Gasteiger partial charge in [0.25, 0.3) is 11.8 Å². The van der Waals surface area contributed by atoms with E-state index in [2.05, 4.69) is 5.43 Å². The van der Waals surface area contributed by atoms with E-state index in [0.29, 0.717) is 16.5 Å². The lowest BCUT2D eigenvalue weighted by molar-refractivity contribution is -0.117. The molecule has 3 aromatic rings. The van der Waals surface area contributed by atoms with Gasteiger partial charge in [-0.2, -0.15) is 0 Å². The second kappa shape index (κ2) is 6.74. The number of rotatable bonds is 3. The highest BCUT2D eigenvalue weighted by Gasteiger charge is 2.34. The van der Waals surface area contributed by atoms with Crippen LogP contribution in [-0.2, 0) is 9.59 Å². The minimum Gasteiger partial charge on any atom is -0.457 e. The van der Waals surface area contributed by atoms with E-state index in [4.69, 9.17) is 16.0 Å². The lowest BCUT2D eigenvalue weighted by Gasteiger charge is -2.14. The van der Waals surface area contributed by atoms with Crippen molar-refractivity contribution in [2.45, 2.75) is 0 Å². The Balaban J connectivity index is 1.61. The summed E-state index contributed by atoms with van der Waals surface area (Å²) in [5, 5.41) is 1.61. The minimum atomic E-state index is -0.589. The minimum absolute atomic E-state index is 0.101. The van der Waals surface area contributed by atoms with Gasteiger partial charge in [0, 0.05) is 10.6 Å². The molecule has 0 saturated carbocycles. The van der Waals surface area contributed by atoms with E-state index >= 15 is 0 Å². The third kappa shape index (κ3) is 3.35. The number of benzene rings is 2. The Kier molecular flexibility index (Phi) is 4.25. The SMILES string of the molecule is O=C1NN(c2cccc(F)c2)C(=O)C1=Cc1ccc(-c2ccc(Cl)cc2)o1. The van der Waals surface area contributed by atoms with Gasteiger partial charge in [-0.05, 0) is 60.7 Å². The number of carbonyl (C=O) groups is 2. The number of hydrogen-bond donors (Lipinski definition) is 1. The summed E-state index contributed by atoms with van der Waals surface area (Å²) in [6, 6.07) is 15.9. The van der Waals surface area contributed by atoms with Crippen molar-refractivity contribution in [3.05, 3.63) is 82.8 Å². The van der Waals surface area contributed by atoms with Gasteiger partial charge < -0.3 is 4.42 Å². The molecule has 1 aliphatic rings. The third-order valence-corrected chi connectivity index (χ3v) is 4.25. The smallest absolute Gasteiger partial charge is 0.282 e. The van der Waals surface area contributed by atoms with E-state index < -0.39 is 17.6 Å². The van der Waals surface area contributed by atoms with Crippen molar-refractivity contribution in [2.75, 3.05) is 5.01 Å². The topological polar surface area (TPSA) is 62.6 Å². The van der Waals surface area contributed by atoms with E-state index in [1.165, 1.54) is 24.3 Å². The number of halogens is 2. The zero-order valence-electron chi connectivity index (χ0n) is 13.8. The predicted molar refractivity (Wildman–Crippen MR) is 99.2 cm³/mol. The first-order chi connectivity index (χ1) is 13.0. The zero-order valence-corrected chi connectivity index (χ0v) is 14.5. The van der Waals surface area contributed by atoms with Crippen LogP contribution < -0.4 is 10.4 Å². The first-order valence-corrected chi connectivity index (χ1v) is 8.37. The number of hydrogen-bond acceptors (Lipinski definition) is 3. The van der Waals surface area contributed by atoms with Gasteiger partial charge in [0.05, 0.1) is 5.69 Å². The standard InChI is InChI=1S/C20H12ClFN2O3/c21-13-6-4-12(5-7-13)18-9-8-16(27-18)11-17-19(25)23-24(20(17)26)15-3-1-2-14(22)10-15/h1-11H,(H,23,25). The molecule has 5 nitrogen and oxygen atoms in total. The third-order valence-electron chi connectivity index (χ3n) is 4.00. The molecule has 1 aliphatic heterocycles. The maximum atomic E-state index is 13.4. The molecule has 27 heavy (non-hydrogen) atoms. The highest BCUT2D eigenvalue weighted by molar-refractivity contribution is 6.31. The molecule has 0 radical (unpaired) electrons. The van der Waals surface area contributed by atoms with Gasteiger partial charge in [0.15, 0.2) is 0 Å². The monoisotopic (exact) mass is 382 g/mol. The second-order valence-electron chi connectivity index (χ2n) is 5.83. The normalized spacial score (nSPS) is 15.5. The van der Waals surface area contributed by atoms with Gasteiger partial charge >= 0.3 is 0 Å². The highest BCUT2D eigenvalue weighted by atomic mass is 35.5. The van der Waals surface area contributed by atoms with E-state index in [0.717, 1.165) is 16.6 Å². The van der Waals surface area contributed by atoms with Crippen molar-refractivity contribution in [2.24, 2.45) is 0 Å². The van der Waals surface area contributed by atoms with Crippen molar-refractivity contribution in [3.63, 3.8) is 0 Å². The van der Waals surface area contributed by atoms with Crippen LogP contribution in [0.15, 0.2) is 70.7 Å². The second-order valence-corrected chi connectivity index (χ2v) is 6.26. The number of nitrogens with zero attached hydrogens (tertiary/aromatic N) is 1. The molecule has 2 aromatic carbocycles. The van der Waals surface area contributed by atoms with Crippen molar-refractivity contribution >= 4 is 35.2 Å². The average molecular weight is 383 g/mol. The number of anilines is 1. The van der Waals surface area contributed by atoms with Crippen LogP contribution in [0.5, 0.6) is 0 Å². The summed E-state index contributed by atoms with van der Waals surface area (Å²) in [7, 11) is 0. The fourth-order valence-corrected chi connectivity index (χ4v) is 2.82. The van der Waals surface area contributed by atoms with Crippen LogP contribution in [0.4, 0.5) is 10.1 Å². The van der Waals surface area contributed by atoms with Crippen LogP contribution in [0.3, 0.4) is 0 Å². The molecule has 134 valence electrons. The Hall–Kier alpha value is -3.38. The Bertz CT molecular complexity index is 1070. The molecule has 0 atom stereocenters. The Morgan fingerprint density at radius 2 is 1.81 bits per heavy atom. The maximum absolute atomic E-state index is 13.4. The van der Waals surface area contributed by atoms with Gasteiger partial charge in [0.2, 0.25) is 0 Å².